The summed E-state index contributed by atoms with van der Waals surface area (Å²) in [6.07, 6.45) is 3.31. The number of hydrogen-bond acceptors (Lipinski definition) is 4. The number of anilines is 1. The summed E-state index contributed by atoms with van der Waals surface area (Å²) in [5.41, 5.74) is 2.44. The van der Waals surface area contributed by atoms with Crippen LogP contribution in [0.25, 0.3) is 0 Å². The number of rotatable bonds is 4. The molecule has 4 rings (SSSR count). The predicted octanol–water partition coefficient (Wildman–Crippen LogP) is 3.56. The van der Waals surface area contributed by atoms with E-state index in [-0.39, 0.29) is 17.4 Å². The number of pyridine rings is 1. The van der Waals surface area contributed by atoms with Crippen molar-refractivity contribution in [1.29, 1.82) is 0 Å². The fraction of sp³-hybridized carbons (Fsp3) is 0.435. The van der Waals surface area contributed by atoms with Gasteiger partial charge in [0.05, 0.1) is 11.1 Å². The molecule has 3 heterocycles. The SMILES string of the molecule is CC(=O)N(C)C[C@H]1CCN(C(=O)c2cnc3c(c2)CC(C)(c2cccc(Cl)c2)N3)C1. The Hall–Kier alpha value is -2.60. The summed E-state index contributed by atoms with van der Waals surface area (Å²) in [6, 6.07) is 9.79. The van der Waals surface area contributed by atoms with E-state index in [0.717, 1.165) is 29.8 Å². The van der Waals surface area contributed by atoms with Crippen molar-refractivity contribution < 1.29 is 9.59 Å². The number of likely N-dealkylation sites (tertiary alicyclic amines) is 1. The van der Waals surface area contributed by atoms with Gasteiger partial charge in [0, 0.05) is 51.2 Å². The van der Waals surface area contributed by atoms with Gasteiger partial charge in [-0.1, -0.05) is 23.7 Å². The maximum Gasteiger partial charge on any atom is 0.255 e. The maximum atomic E-state index is 13.1. The molecule has 1 saturated heterocycles. The van der Waals surface area contributed by atoms with Crippen molar-refractivity contribution >= 4 is 29.2 Å². The molecule has 1 fully saturated rings. The number of nitrogens with zero attached hydrogens (tertiary/aromatic N) is 3. The van der Waals surface area contributed by atoms with Crippen LogP contribution in [0.2, 0.25) is 5.02 Å². The highest BCUT2D eigenvalue weighted by atomic mass is 35.5. The number of carbonyl (C=O) groups is 2. The predicted molar refractivity (Wildman–Crippen MR) is 118 cm³/mol. The van der Waals surface area contributed by atoms with Crippen LogP contribution in [0.5, 0.6) is 0 Å². The van der Waals surface area contributed by atoms with Crippen LogP contribution in [0, 0.1) is 5.92 Å². The third-order valence-corrected chi connectivity index (χ3v) is 6.49. The number of benzene rings is 1. The molecule has 30 heavy (non-hydrogen) atoms. The van der Waals surface area contributed by atoms with Crippen LogP contribution in [0.3, 0.4) is 0 Å². The average Bonchev–Trinajstić information content (AvgIpc) is 3.31. The van der Waals surface area contributed by atoms with Gasteiger partial charge in [-0.15, -0.1) is 0 Å². The zero-order valence-corrected chi connectivity index (χ0v) is 18.4. The van der Waals surface area contributed by atoms with Crippen LogP contribution in [0.15, 0.2) is 36.5 Å². The summed E-state index contributed by atoms with van der Waals surface area (Å²) in [4.78, 5) is 32.7. The maximum absolute atomic E-state index is 13.1. The zero-order chi connectivity index (χ0) is 21.5. The van der Waals surface area contributed by atoms with Crippen molar-refractivity contribution in [2.45, 2.75) is 32.2 Å². The molecular formula is C23H27ClN4O2. The van der Waals surface area contributed by atoms with E-state index in [2.05, 4.69) is 23.3 Å². The highest BCUT2D eigenvalue weighted by molar-refractivity contribution is 6.30. The minimum atomic E-state index is -0.308. The molecule has 2 aliphatic heterocycles. The molecule has 2 aromatic rings. The molecular weight excluding hydrogens is 400 g/mol. The van der Waals surface area contributed by atoms with Gasteiger partial charge in [-0.3, -0.25) is 9.59 Å². The number of halogens is 1. The summed E-state index contributed by atoms with van der Waals surface area (Å²) in [7, 11) is 1.81. The van der Waals surface area contributed by atoms with Gasteiger partial charge in [0.1, 0.15) is 5.82 Å². The smallest absolute Gasteiger partial charge is 0.255 e. The second-order valence-corrected chi connectivity index (χ2v) is 9.12. The number of carbonyl (C=O) groups excluding carboxylic acids is 2. The highest BCUT2D eigenvalue weighted by Gasteiger charge is 2.36. The van der Waals surface area contributed by atoms with Crippen LogP contribution in [0.1, 0.15) is 41.8 Å². The molecule has 0 aliphatic carbocycles. The number of fused-ring (bicyclic) bond motifs is 1. The Morgan fingerprint density at radius 3 is 2.90 bits per heavy atom. The van der Waals surface area contributed by atoms with Gasteiger partial charge >= 0.3 is 0 Å². The molecule has 1 N–H and O–H groups in total. The second kappa shape index (κ2) is 7.91. The molecule has 1 aromatic heterocycles. The summed E-state index contributed by atoms with van der Waals surface area (Å²) >= 11 is 6.18. The van der Waals surface area contributed by atoms with E-state index in [1.54, 1.807) is 25.1 Å². The minimum absolute atomic E-state index is 0.00892. The van der Waals surface area contributed by atoms with Gasteiger partial charge in [0.15, 0.2) is 0 Å². The van der Waals surface area contributed by atoms with E-state index in [4.69, 9.17) is 11.6 Å². The highest BCUT2D eigenvalue weighted by Crippen LogP contribution is 2.39. The Morgan fingerprint density at radius 2 is 2.17 bits per heavy atom. The Balaban J connectivity index is 1.46. The Morgan fingerprint density at radius 1 is 1.37 bits per heavy atom. The Bertz CT molecular complexity index is 995. The zero-order valence-electron chi connectivity index (χ0n) is 17.6. The first-order valence-corrected chi connectivity index (χ1v) is 10.7. The molecule has 2 aliphatic rings. The lowest BCUT2D eigenvalue weighted by Gasteiger charge is -2.25. The first-order chi connectivity index (χ1) is 14.2. The van der Waals surface area contributed by atoms with Gasteiger partial charge in [0.25, 0.3) is 5.91 Å². The van der Waals surface area contributed by atoms with Crippen LogP contribution in [0.4, 0.5) is 5.82 Å². The summed E-state index contributed by atoms with van der Waals surface area (Å²) in [6.45, 7) is 5.76. The number of aromatic nitrogens is 1. The van der Waals surface area contributed by atoms with E-state index in [9.17, 15) is 9.59 Å². The van der Waals surface area contributed by atoms with Crippen molar-refractivity contribution in [2.24, 2.45) is 5.92 Å². The standard InChI is InChI=1S/C23H27ClN4O2/c1-15(29)27(3)13-16-7-8-28(14-16)22(30)18-9-17-11-23(2,26-21(17)25-12-18)19-5-4-6-20(24)10-19/h4-6,9-10,12,16H,7-8,11,13-14H2,1-3H3,(H,25,26)/t16-,23?/m1/s1. The molecule has 2 amide bonds. The van der Waals surface area contributed by atoms with Crippen LogP contribution in [-0.4, -0.2) is 53.3 Å². The third kappa shape index (κ3) is 4.01. The normalized spacial score (nSPS) is 22.5. The quantitative estimate of drug-likeness (QED) is 0.811. The number of hydrogen-bond donors (Lipinski definition) is 1. The number of amides is 2. The van der Waals surface area contributed by atoms with E-state index in [1.807, 2.05) is 29.2 Å². The van der Waals surface area contributed by atoms with Gasteiger partial charge in [-0.2, -0.15) is 0 Å². The molecule has 1 aromatic carbocycles. The average molecular weight is 427 g/mol. The summed E-state index contributed by atoms with van der Waals surface area (Å²) < 4.78 is 0. The van der Waals surface area contributed by atoms with Crippen molar-refractivity contribution in [2.75, 3.05) is 32.0 Å². The molecule has 0 spiro atoms. The lowest BCUT2D eigenvalue weighted by molar-refractivity contribution is -0.128. The van der Waals surface area contributed by atoms with Crippen molar-refractivity contribution in [3.63, 3.8) is 0 Å². The Kier molecular flexibility index (Phi) is 5.45. The van der Waals surface area contributed by atoms with E-state index in [0.29, 0.717) is 36.1 Å². The second-order valence-electron chi connectivity index (χ2n) is 8.68. The van der Waals surface area contributed by atoms with E-state index < -0.39 is 0 Å². The molecule has 2 atom stereocenters. The minimum Gasteiger partial charge on any atom is -0.360 e. The van der Waals surface area contributed by atoms with Gasteiger partial charge in [0.2, 0.25) is 5.91 Å². The van der Waals surface area contributed by atoms with Crippen molar-refractivity contribution in [3.8, 4) is 0 Å². The molecule has 6 nitrogen and oxygen atoms in total. The summed E-state index contributed by atoms with van der Waals surface area (Å²) in [5, 5.41) is 4.20. The molecule has 0 radical (unpaired) electrons. The molecule has 7 heteroatoms. The topological polar surface area (TPSA) is 65.5 Å². The van der Waals surface area contributed by atoms with Gasteiger partial charge in [-0.25, -0.2) is 4.98 Å². The van der Waals surface area contributed by atoms with E-state index in [1.165, 1.54) is 0 Å². The summed E-state index contributed by atoms with van der Waals surface area (Å²) in [5.74, 6) is 1.20. The first kappa shape index (κ1) is 20.7. The van der Waals surface area contributed by atoms with Gasteiger partial charge < -0.3 is 15.1 Å². The lowest BCUT2D eigenvalue weighted by Crippen LogP contribution is -2.33. The molecule has 1 unspecified atom stereocenters. The lowest BCUT2D eigenvalue weighted by atomic mass is 9.89. The molecule has 158 valence electrons. The van der Waals surface area contributed by atoms with Crippen molar-refractivity contribution in [1.82, 2.24) is 14.8 Å². The van der Waals surface area contributed by atoms with E-state index >= 15 is 0 Å². The number of nitrogens with one attached hydrogen (secondary N) is 1. The Labute approximate surface area is 182 Å². The van der Waals surface area contributed by atoms with Crippen LogP contribution in [-0.2, 0) is 16.8 Å². The largest absolute Gasteiger partial charge is 0.360 e. The molecule has 0 bridgehead atoms. The van der Waals surface area contributed by atoms with Gasteiger partial charge in [-0.05, 0) is 48.6 Å². The third-order valence-electron chi connectivity index (χ3n) is 6.26. The molecule has 0 saturated carbocycles. The first-order valence-electron chi connectivity index (χ1n) is 10.3. The van der Waals surface area contributed by atoms with Crippen molar-refractivity contribution in [3.05, 3.63) is 58.2 Å². The van der Waals surface area contributed by atoms with Crippen LogP contribution < -0.4 is 5.32 Å². The van der Waals surface area contributed by atoms with Crippen LogP contribution >= 0.6 is 11.6 Å². The fourth-order valence-electron chi connectivity index (χ4n) is 4.43. The fourth-order valence-corrected chi connectivity index (χ4v) is 4.62. The monoisotopic (exact) mass is 426 g/mol.